The van der Waals surface area contributed by atoms with Crippen molar-refractivity contribution in [3.63, 3.8) is 0 Å². The zero-order valence-corrected chi connectivity index (χ0v) is 35.4. The maximum atomic E-state index is 16.3. The number of likely N-dealkylation sites (tertiary alicyclic amines) is 1. The molecule has 5 heterocycles. The fourth-order valence-corrected chi connectivity index (χ4v) is 11.7. The van der Waals surface area contributed by atoms with Crippen molar-refractivity contribution >= 4 is 58.3 Å². The largest absolute Gasteiger partial charge is 0.343 e. The molecule has 0 aromatic heterocycles. The van der Waals surface area contributed by atoms with Gasteiger partial charge in [0.15, 0.2) is 5.78 Å². The molecule has 0 bridgehead atoms. The van der Waals surface area contributed by atoms with Crippen LogP contribution in [0.4, 0.5) is 10.1 Å². The molecule has 5 aliphatic heterocycles. The molecule has 3 aromatic rings. The lowest BCUT2D eigenvalue weighted by Gasteiger charge is -2.47. The van der Waals surface area contributed by atoms with Crippen LogP contribution < -0.4 is 16.0 Å². The highest BCUT2D eigenvalue weighted by atomic mass is 35.5. The first kappa shape index (κ1) is 41.3. The van der Waals surface area contributed by atoms with Crippen molar-refractivity contribution in [1.29, 1.82) is 0 Å². The zero-order valence-electron chi connectivity index (χ0n) is 33.9. The molecule has 4 amide bonds. The van der Waals surface area contributed by atoms with E-state index in [0.717, 1.165) is 30.4 Å². The van der Waals surface area contributed by atoms with E-state index in [-0.39, 0.29) is 58.8 Å². The summed E-state index contributed by atoms with van der Waals surface area (Å²) in [6.07, 6.45) is 7.26. The van der Waals surface area contributed by atoms with Crippen molar-refractivity contribution in [3.05, 3.63) is 111 Å². The molecule has 4 fully saturated rings. The van der Waals surface area contributed by atoms with Crippen LogP contribution in [0.3, 0.4) is 0 Å². The summed E-state index contributed by atoms with van der Waals surface area (Å²) in [6, 6.07) is 14.2. The van der Waals surface area contributed by atoms with Gasteiger partial charge in [0.1, 0.15) is 17.3 Å². The third-order valence-electron chi connectivity index (χ3n) is 14.2. The molecule has 316 valence electrons. The first-order chi connectivity index (χ1) is 29.4. The molecule has 4 atom stereocenters. The van der Waals surface area contributed by atoms with E-state index in [0.29, 0.717) is 92.1 Å². The number of nitrogens with zero attached hydrogens (tertiary/aromatic N) is 2. The maximum Gasteiger partial charge on any atom is 0.255 e. The molecule has 3 aromatic carbocycles. The van der Waals surface area contributed by atoms with Gasteiger partial charge in [-0.3, -0.25) is 29.3 Å². The number of carbonyl (C=O) groups is 5. The highest BCUT2D eigenvalue weighted by Crippen LogP contribution is 2.63. The molecule has 10 nitrogen and oxygen atoms in total. The molecule has 6 aliphatic rings. The number of amides is 4. The number of carbonyl (C=O) groups excluding carboxylic acids is 5. The van der Waals surface area contributed by atoms with Gasteiger partial charge >= 0.3 is 0 Å². The molecule has 3 N–H and O–H groups in total. The summed E-state index contributed by atoms with van der Waals surface area (Å²) in [5.41, 5.74) is 2.19. The van der Waals surface area contributed by atoms with Crippen LogP contribution in [0, 0.1) is 23.6 Å². The minimum absolute atomic E-state index is 0.00584. The number of rotatable bonds is 7. The quantitative estimate of drug-likeness (QED) is 0.211. The Bertz CT molecular complexity index is 2430. The summed E-state index contributed by atoms with van der Waals surface area (Å²) < 4.78 is 16.3. The second-order valence-corrected chi connectivity index (χ2v) is 18.4. The number of Topliss-reactive ketones (excluding diaryl/α,β-unsaturated/α-hetero) is 1. The lowest BCUT2D eigenvalue weighted by Crippen LogP contribution is -2.60. The number of fused-ring (bicyclic) bond motifs is 4. The van der Waals surface area contributed by atoms with Crippen LogP contribution in [0.2, 0.25) is 10.0 Å². The van der Waals surface area contributed by atoms with E-state index < -0.39 is 34.8 Å². The van der Waals surface area contributed by atoms with Crippen molar-refractivity contribution < 1.29 is 28.4 Å². The van der Waals surface area contributed by atoms with Gasteiger partial charge in [-0.15, -0.1) is 0 Å². The van der Waals surface area contributed by atoms with Crippen molar-refractivity contribution in [2.45, 2.75) is 113 Å². The smallest absolute Gasteiger partial charge is 0.255 e. The topological polar surface area (TPSA) is 128 Å². The number of nitrogens with one attached hydrogen (secondary N) is 3. The molecule has 3 saturated heterocycles. The number of ketones is 1. The minimum Gasteiger partial charge on any atom is -0.343 e. The molecule has 1 aliphatic carbocycles. The van der Waals surface area contributed by atoms with Crippen LogP contribution in [-0.4, -0.2) is 69.9 Å². The van der Waals surface area contributed by atoms with E-state index in [1.807, 2.05) is 17.0 Å². The van der Waals surface area contributed by atoms with Crippen LogP contribution in [0.15, 0.2) is 66.9 Å². The summed E-state index contributed by atoms with van der Waals surface area (Å²) in [5.74, 6) is 4.07. The standard InChI is InChI=1S/C48H48Cl2FN5O5/c1-28-15-18-38(44(59)52-28)56-27-34-30(10-7-11-32(34)45(56)60)9-3-4-14-40(58)55-23-19-29(20-24-55)25-39(57)43-41(33-12-8-13-36(50)42(33)51)48(47(54-43)21-5-2-6-22-47)35-17-16-31(49)26-37(35)53-46(48)61/h7-8,10-13,16-17,26,29,38,41,43,54H,1-2,4-6,14-15,18-25,27H2,(H,52,59)(H,53,61)/t38?,41-,43-,48+/m0/s1. The predicted molar refractivity (Wildman–Crippen MR) is 230 cm³/mol. The normalized spacial score (nSPS) is 25.6. The van der Waals surface area contributed by atoms with Gasteiger partial charge in [-0.1, -0.05) is 85.1 Å². The van der Waals surface area contributed by atoms with Crippen LogP contribution in [-0.2, 0) is 31.1 Å². The number of benzene rings is 3. The van der Waals surface area contributed by atoms with Gasteiger partial charge in [-0.05, 0) is 91.5 Å². The van der Waals surface area contributed by atoms with Gasteiger partial charge in [0.25, 0.3) is 5.91 Å². The van der Waals surface area contributed by atoms with Crippen LogP contribution in [0.25, 0.3) is 0 Å². The van der Waals surface area contributed by atoms with Crippen molar-refractivity contribution in [1.82, 2.24) is 20.4 Å². The van der Waals surface area contributed by atoms with E-state index in [1.165, 1.54) is 6.07 Å². The lowest BCUT2D eigenvalue weighted by molar-refractivity contribution is -0.132. The number of anilines is 1. The average Bonchev–Trinajstić information content (AvgIpc) is 3.84. The fourth-order valence-electron chi connectivity index (χ4n) is 11.3. The van der Waals surface area contributed by atoms with Gasteiger partial charge in [0.05, 0.1) is 11.1 Å². The van der Waals surface area contributed by atoms with Crippen molar-refractivity contribution in [3.8, 4) is 11.8 Å². The molecule has 9 rings (SSSR count). The summed E-state index contributed by atoms with van der Waals surface area (Å²) in [6.45, 7) is 5.15. The third kappa shape index (κ3) is 7.05. The molecule has 1 unspecified atom stereocenters. The fraction of sp³-hybridized carbons (Fsp3) is 0.438. The Labute approximate surface area is 365 Å². The van der Waals surface area contributed by atoms with Gasteiger partial charge < -0.3 is 20.4 Å². The van der Waals surface area contributed by atoms with Crippen LogP contribution in [0.5, 0.6) is 0 Å². The first-order valence-electron chi connectivity index (χ1n) is 21.5. The Balaban J connectivity index is 0.866. The van der Waals surface area contributed by atoms with Crippen molar-refractivity contribution in [2.75, 3.05) is 18.4 Å². The summed E-state index contributed by atoms with van der Waals surface area (Å²) in [7, 11) is 0. The summed E-state index contributed by atoms with van der Waals surface area (Å²) in [5, 5.41) is 10.00. The second-order valence-electron chi connectivity index (χ2n) is 17.5. The highest BCUT2D eigenvalue weighted by Gasteiger charge is 2.72. The second kappa shape index (κ2) is 16.4. The van der Waals surface area contributed by atoms with Gasteiger partial charge in [-0.25, -0.2) is 4.39 Å². The summed E-state index contributed by atoms with van der Waals surface area (Å²) in [4.78, 5) is 72.1. The van der Waals surface area contributed by atoms with Gasteiger partial charge in [0.2, 0.25) is 17.7 Å². The van der Waals surface area contributed by atoms with E-state index in [9.17, 15) is 24.0 Å². The Morgan fingerprint density at radius 1 is 0.951 bits per heavy atom. The Morgan fingerprint density at radius 3 is 2.49 bits per heavy atom. The van der Waals surface area contributed by atoms with Gasteiger partial charge in [-0.2, -0.15) is 0 Å². The zero-order chi connectivity index (χ0) is 42.6. The number of hydrogen-bond acceptors (Lipinski definition) is 6. The van der Waals surface area contributed by atoms with Crippen molar-refractivity contribution in [2.24, 2.45) is 5.92 Å². The van der Waals surface area contributed by atoms with E-state index >= 15 is 4.39 Å². The highest BCUT2D eigenvalue weighted by molar-refractivity contribution is 6.31. The molecular formula is C48H48Cl2FN5O5. The Kier molecular flexibility index (Phi) is 11.1. The predicted octanol–water partition coefficient (Wildman–Crippen LogP) is 7.56. The van der Waals surface area contributed by atoms with Gasteiger partial charge in [0, 0.05) is 77.9 Å². The molecular weight excluding hydrogens is 816 g/mol. The third-order valence-corrected chi connectivity index (χ3v) is 14.7. The molecule has 13 heteroatoms. The van der Waals surface area contributed by atoms with Crippen LogP contribution in [0.1, 0.15) is 116 Å². The minimum atomic E-state index is -1.28. The van der Waals surface area contributed by atoms with Crippen LogP contribution >= 0.6 is 23.2 Å². The molecule has 1 saturated carbocycles. The summed E-state index contributed by atoms with van der Waals surface area (Å²) >= 11 is 12.8. The monoisotopic (exact) mass is 863 g/mol. The Morgan fingerprint density at radius 2 is 1.72 bits per heavy atom. The Hall–Kier alpha value is -5.02. The molecule has 0 radical (unpaired) electrons. The number of halogens is 3. The number of hydrogen-bond donors (Lipinski definition) is 3. The van der Waals surface area contributed by atoms with E-state index in [4.69, 9.17) is 23.2 Å². The number of allylic oxidation sites excluding steroid dienone is 1. The first-order valence-corrected chi connectivity index (χ1v) is 22.2. The molecule has 2 spiro atoms. The lowest BCUT2D eigenvalue weighted by atomic mass is 9.55. The molecule has 61 heavy (non-hydrogen) atoms. The van der Waals surface area contributed by atoms with E-state index in [1.54, 1.807) is 41.3 Å². The maximum absolute atomic E-state index is 16.3. The van der Waals surface area contributed by atoms with E-state index in [2.05, 4.69) is 34.4 Å². The average molecular weight is 865 g/mol. The SMILES string of the molecule is C=C1CCC(N2Cc3c(C#CCCC(=O)N4CCC(CC(=O)[C@@H]5NC6(CCCCC6)[C@@]6(C(=O)Nc7cc(Cl)ccc76)[C@H]5c5cccc(Cl)c5F)CC4)cccc3C2=O)C(=O)N1. The number of piperidine rings is 2.